The van der Waals surface area contributed by atoms with Gasteiger partial charge in [0.1, 0.15) is 10.7 Å². The molecule has 0 aliphatic heterocycles. The summed E-state index contributed by atoms with van der Waals surface area (Å²) in [5.41, 5.74) is 5.91. The molecule has 0 aliphatic carbocycles. The van der Waals surface area contributed by atoms with E-state index in [1.165, 1.54) is 24.3 Å². The number of hydrogen-bond acceptors (Lipinski definition) is 2. The lowest BCUT2D eigenvalue weighted by Gasteiger charge is -2.18. The predicted molar refractivity (Wildman–Crippen MR) is 83.2 cm³/mol. The van der Waals surface area contributed by atoms with Crippen LogP contribution in [-0.2, 0) is 5.92 Å². The largest absolute Gasteiger partial charge is 0.485 e. The second-order valence-electron chi connectivity index (χ2n) is 4.37. The van der Waals surface area contributed by atoms with Crippen LogP contribution in [0.4, 0.5) is 8.78 Å². The highest BCUT2D eigenvalue weighted by Gasteiger charge is 2.32. The van der Waals surface area contributed by atoms with Crippen molar-refractivity contribution < 1.29 is 13.5 Å². The van der Waals surface area contributed by atoms with Gasteiger partial charge in [-0.25, -0.2) is 0 Å². The molecule has 0 bridgehead atoms. The zero-order valence-electron chi connectivity index (χ0n) is 10.9. The zero-order chi connectivity index (χ0) is 15.5. The van der Waals surface area contributed by atoms with Gasteiger partial charge in [0.25, 0.3) is 0 Å². The Balaban J connectivity index is 2.11. The summed E-state index contributed by atoms with van der Waals surface area (Å²) in [6, 6.07) is 12.0. The molecular weight excluding hydrogens is 316 g/mol. The fourth-order valence-corrected chi connectivity index (χ4v) is 2.07. The fraction of sp³-hybridized carbons (Fsp3) is 0.133. The maximum absolute atomic E-state index is 14.0. The molecule has 2 nitrogen and oxygen atoms in total. The minimum Gasteiger partial charge on any atom is -0.485 e. The van der Waals surface area contributed by atoms with Gasteiger partial charge in [0, 0.05) is 11.1 Å². The minimum absolute atomic E-state index is 0.110. The van der Waals surface area contributed by atoms with E-state index in [1.54, 1.807) is 24.3 Å². The highest BCUT2D eigenvalue weighted by atomic mass is 35.5. The quantitative estimate of drug-likeness (QED) is 0.838. The topological polar surface area (TPSA) is 35.2 Å². The lowest BCUT2D eigenvalue weighted by molar-refractivity contribution is -0.0466. The Morgan fingerprint density at radius 2 is 1.86 bits per heavy atom. The average Bonchev–Trinajstić information content (AvgIpc) is 2.46. The molecule has 0 spiro atoms. The first-order valence-corrected chi connectivity index (χ1v) is 6.84. The van der Waals surface area contributed by atoms with E-state index >= 15 is 0 Å². The van der Waals surface area contributed by atoms with Crippen LogP contribution < -0.4 is 10.5 Å². The number of alkyl halides is 2. The van der Waals surface area contributed by atoms with Crippen LogP contribution in [0.3, 0.4) is 0 Å². The van der Waals surface area contributed by atoms with E-state index in [2.05, 4.69) is 0 Å². The molecule has 0 unspecified atom stereocenters. The first-order chi connectivity index (χ1) is 9.90. The van der Waals surface area contributed by atoms with Crippen LogP contribution in [-0.4, -0.2) is 11.6 Å². The van der Waals surface area contributed by atoms with Crippen molar-refractivity contribution in [2.75, 3.05) is 6.61 Å². The number of rotatable bonds is 5. The molecule has 2 rings (SSSR count). The van der Waals surface area contributed by atoms with Crippen molar-refractivity contribution in [2.45, 2.75) is 5.92 Å². The number of hydrogen-bond donors (Lipinski definition) is 1. The Kier molecular flexibility index (Phi) is 4.75. The molecule has 0 saturated heterocycles. The highest BCUT2D eigenvalue weighted by molar-refractivity contribution is 7.80. The van der Waals surface area contributed by atoms with Gasteiger partial charge in [-0.05, 0) is 18.2 Å². The van der Waals surface area contributed by atoms with Gasteiger partial charge in [-0.3, -0.25) is 0 Å². The molecule has 6 heteroatoms. The van der Waals surface area contributed by atoms with E-state index in [4.69, 9.17) is 34.3 Å². The van der Waals surface area contributed by atoms with Gasteiger partial charge in [0.2, 0.25) is 0 Å². The van der Waals surface area contributed by atoms with Crippen molar-refractivity contribution in [3.8, 4) is 5.75 Å². The second kappa shape index (κ2) is 6.37. The van der Waals surface area contributed by atoms with Crippen molar-refractivity contribution in [3.05, 3.63) is 64.7 Å². The minimum atomic E-state index is -3.10. The third-order valence-electron chi connectivity index (χ3n) is 2.82. The SMILES string of the molecule is NC(=S)c1ccc(OCC(F)(F)c2ccccc2)c(Cl)c1. The third-order valence-corrected chi connectivity index (χ3v) is 3.35. The van der Waals surface area contributed by atoms with E-state index in [0.717, 1.165) is 0 Å². The molecule has 2 aromatic carbocycles. The molecule has 2 aromatic rings. The Morgan fingerprint density at radius 3 is 2.43 bits per heavy atom. The molecule has 0 radical (unpaired) electrons. The van der Waals surface area contributed by atoms with Gasteiger partial charge in [-0.2, -0.15) is 8.78 Å². The van der Waals surface area contributed by atoms with E-state index in [-0.39, 0.29) is 21.3 Å². The van der Waals surface area contributed by atoms with Crippen LogP contribution in [0, 0.1) is 0 Å². The summed E-state index contributed by atoms with van der Waals surface area (Å²) in [4.78, 5) is 0.179. The summed E-state index contributed by atoms with van der Waals surface area (Å²) in [5, 5.41) is 0.184. The molecule has 21 heavy (non-hydrogen) atoms. The third kappa shape index (κ3) is 3.89. The van der Waals surface area contributed by atoms with E-state index in [0.29, 0.717) is 5.56 Å². The molecular formula is C15H12ClF2NOS. The summed E-state index contributed by atoms with van der Waals surface area (Å²) < 4.78 is 33.1. The molecule has 0 atom stereocenters. The van der Waals surface area contributed by atoms with Gasteiger partial charge in [0.15, 0.2) is 6.61 Å². The molecule has 110 valence electrons. The standard InChI is InChI=1S/C15H12ClF2NOS/c16-12-8-10(14(19)21)6-7-13(12)20-9-15(17,18)11-4-2-1-3-5-11/h1-8H,9H2,(H2,19,21). The van der Waals surface area contributed by atoms with Crippen LogP contribution in [0.5, 0.6) is 5.75 Å². The molecule has 0 saturated carbocycles. The number of halogens is 3. The van der Waals surface area contributed by atoms with Crippen LogP contribution in [0.15, 0.2) is 48.5 Å². The lowest BCUT2D eigenvalue weighted by atomic mass is 10.1. The summed E-state index contributed by atoms with van der Waals surface area (Å²) >= 11 is 10.8. The van der Waals surface area contributed by atoms with E-state index in [9.17, 15) is 8.78 Å². The number of thiocarbonyl (C=S) groups is 1. The number of ether oxygens (including phenoxy) is 1. The zero-order valence-corrected chi connectivity index (χ0v) is 12.4. The van der Waals surface area contributed by atoms with Gasteiger partial charge in [0.05, 0.1) is 5.02 Å². The monoisotopic (exact) mass is 327 g/mol. The van der Waals surface area contributed by atoms with Crippen LogP contribution in [0.25, 0.3) is 0 Å². The maximum Gasteiger partial charge on any atom is 0.306 e. The van der Waals surface area contributed by atoms with E-state index < -0.39 is 12.5 Å². The number of nitrogens with two attached hydrogens (primary N) is 1. The molecule has 0 aromatic heterocycles. The molecule has 0 aliphatic rings. The maximum atomic E-state index is 14.0. The number of benzene rings is 2. The summed E-state index contributed by atoms with van der Waals surface area (Å²) in [6.07, 6.45) is 0. The van der Waals surface area contributed by atoms with Crippen molar-refractivity contribution in [1.29, 1.82) is 0 Å². The molecule has 2 N–H and O–H groups in total. The highest BCUT2D eigenvalue weighted by Crippen LogP contribution is 2.31. The molecule has 0 heterocycles. The first kappa shape index (κ1) is 15.7. The summed E-state index contributed by atoms with van der Waals surface area (Å²) in [6.45, 7) is -0.802. The predicted octanol–water partition coefficient (Wildman–Crippen LogP) is 4.15. The van der Waals surface area contributed by atoms with Crippen LogP contribution >= 0.6 is 23.8 Å². The van der Waals surface area contributed by atoms with Crippen LogP contribution in [0.1, 0.15) is 11.1 Å². The van der Waals surface area contributed by atoms with Gasteiger partial charge in [-0.15, -0.1) is 0 Å². The Labute approximate surface area is 131 Å². The van der Waals surface area contributed by atoms with Crippen molar-refractivity contribution >= 4 is 28.8 Å². The van der Waals surface area contributed by atoms with Gasteiger partial charge >= 0.3 is 5.92 Å². The normalized spacial score (nSPS) is 11.2. The van der Waals surface area contributed by atoms with Gasteiger partial charge < -0.3 is 10.5 Å². The molecule has 0 fully saturated rings. The average molecular weight is 328 g/mol. The molecule has 0 amide bonds. The Bertz CT molecular complexity index is 649. The van der Waals surface area contributed by atoms with Crippen LogP contribution in [0.2, 0.25) is 5.02 Å². The second-order valence-corrected chi connectivity index (χ2v) is 5.22. The van der Waals surface area contributed by atoms with Crippen molar-refractivity contribution in [3.63, 3.8) is 0 Å². The van der Waals surface area contributed by atoms with Crippen molar-refractivity contribution in [1.82, 2.24) is 0 Å². The summed E-state index contributed by atoms with van der Waals surface area (Å²) in [7, 11) is 0. The van der Waals surface area contributed by atoms with Gasteiger partial charge in [-0.1, -0.05) is 54.2 Å². The smallest absolute Gasteiger partial charge is 0.306 e. The van der Waals surface area contributed by atoms with Crippen molar-refractivity contribution in [2.24, 2.45) is 5.73 Å². The lowest BCUT2D eigenvalue weighted by Crippen LogP contribution is -2.23. The Hall–Kier alpha value is -1.72. The summed E-state index contributed by atoms with van der Waals surface area (Å²) in [5.74, 6) is -2.95. The Morgan fingerprint density at radius 1 is 1.19 bits per heavy atom. The van der Waals surface area contributed by atoms with E-state index in [1.807, 2.05) is 0 Å². The first-order valence-electron chi connectivity index (χ1n) is 6.05. The fourth-order valence-electron chi connectivity index (χ4n) is 1.70.